The van der Waals surface area contributed by atoms with Crippen molar-refractivity contribution in [2.45, 2.75) is 12.3 Å². The lowest BCUT2D eigenvalue weighted by Gasteiger charge is -2.11. The van der Waals surface area contributed by atoms with Gasteiger partial charge in [-0.2, -0.15) is 5.10 Å². The van der Waals surface area contributed by atoms with Crippen molar-refractivity contribution in [2.75, 3.05) is 18.9 Å². The molecule has 94 valence electrons. The van der Waals surface area contributed by atoms with E-state index in [1.165, 1.54) is 0 Å². The lowest BCUT2D eigenvalue weighted by molar-refractivity contribution is 0.194. The lowest BCUT2D eigenvalue weighted by Crippen LogP contribution is -1.98. The van der Waals surface area contributed by atoms with E-state index in [4.69, 9.17) is 22.1 Å². The zero-order valence-corrected chi connectivity index (χ0v) is 10.6. The molecule has 0 aliphatic carbocycles. The van der Waals surface area contributed by atoms with E-state index in [1.807, 2.05) is 12.1 Å². The summed E-state index contributed by atoms with van der Waals surface area (Å²) in [5.41, 5.74) is 8.62. The van der Waals surface area contributed by atoms with Crippen LogP contribution in [-0.4, -0.2) is 23.4 Å². The van der Waals surface area contributed by atoms with Crippen LogP contribution in [0.3, 0.4) is 0 Å². The minimum Gasteiger partial charge on any atom is -0.382 e. The fourth-order valence-corrected chi connectivity index (χ4v) is 2.63. The second-order valence-corrected chi connectivity index (χ2v) is 4.91. The summed E-state index contributed by atoms with van der Waals surface area (Å²) in [5, 5.41) is 7.57. The predicted molar refractivity (Wildman–Crippen MR) is 71.6 cm³/mol. The molecule has 2 heterocycles. The van der Waals surface area contributed by atoms with Crippen molar-refractivity contribution in [2.24, 2.45) is 0 Å². The van der Waals surface area contributed by atoms with Crippen molar-refractivity contribution in [1.82, 2.24) is 10.2 Å². The molecule has 2 aromatic rings. The largest absolute Gasteiger partial charge is 0.382 e. The number of aromatic amines is 1. The van der Waals surface area contributed by atoms with Gasteiger partial charge in [0, 0.05) is 29.2 Å². The average Bonchev–Trinajstić information content (AvgIpc) is 2.99. The number of H-pyrrole nitrogens is 1. The van der Waals surface area contributed by atoms with Crippen molar-refractivity contribution in [3.05, 3.63) is 34.9 Å². The summed E-state index contributed by atoms with van der Waals surface area (Å²) in [5.74, 6) is 0.896. The smallest absolute Gasteiger partial charge is 0.145 e. The third-order valence-electron chi connectivity index (χ3n) is 3.28. The highest BCUT2D eigenvalue weighted by molar-refractivity contribution is 6.31. The number of hydrogen-bond donors (Lipinski definition) is 2. The molecule has 18 heavy (non-hydrogen) atoms. The number of ether oxygens (including phenoxy) is 1. The maximum absolute atomic E-state index is 6.35. The van der Waals surface area contributed by atoms with Crippen LogP contribution in [0.5, 0.6) is 0 Å². The molecule has 1 atom stereocenters. The molecule has 0 bridgehead atoms. The molecule has 1 aromatic heterocycles. The van der Waals surface area contributed by atoms with Crippen LogP contribution in [0.4, 0.5) is 5.82 Å². The van der Waals surface area contributed by atoms with Crippen LogP contribution in [0, 0.1) is 0 Å². The van der Waals surface area contributed by atoms with Crippen LogP contribution in [0.2, 0.25) is 5.02 Å². The number of benzene rings is 1. The summed E-state index contributed by atoms with van der Waals surface area (Å²) in [6.07, 6.45) is 1.04. The predicted octanol–water partition coefficient (Wildman–Crippen LogP) is 2.82. The first-order valence-electron chi connectivity index (χ1n) is 5.92. The standard InChI is InChI=1S/C13H14ClN3O/c14-11-5-8(12-6-13(15)17-16-12)1-2-10(11)9-3-4-18-7-9/h1-2,5-6,9H,3-4,7H2,(H3,15,16,17). The number of hydrogen-bond acceptors (Lipinski definition) is 3. The first-order chi connectivity index (χ1) is 8.74. The van der Waals surface area contributed by atoms with Gasteiger partial charge < -0.3 is 10.5 Å². The van der Waals surface area contributed by atoms with Crippen LogP contribution >= 0.6 is 11.6 Å². The van der Waals surface area contributed by atoms with Crippen molar-refractivity contribution in [3.63, 3.8) is 0 Å². The van der Waals surface area contributed by atoms with Crippen LogP contribution in [-0.2, 0) is 4.74 Å². The molecule has 1 aromatic carbocycles. The van der Waals surface area contributed by atoms with Gasteiger partial charge in [-0.1, -0.05) is 23.7 Å². The van der Waals surface area contributed by atoms with Crippen molar-refractivity contribution in [1.29, 1.82) is 0 Å². The topological polar surface area (TPSA) is 63.9 Å². The van der Waals surface area contributed by atoms with Crippen LogP contribution in [0.1, 0.15) is 17.9 Å². The van der Waals surface area contributed by atoms with Gasteiger partial charge in [-0.25, -0.2) is 0 Å². The van der Waals surface area contributed by atoms with E-state index < -0.39 is 0 Å². The van der Waals surface area contributed by atoms with Gasteiger partial charge in [-0.3, -0.25) is 5.10 Å². The summed E-state index contributed by atoms with van der Waals surface area (Å²) in [6, 6.07) is 7.84. The molecular formula is C13H14ClN3O. The van der Waals surface area contributed by atoms with E-state index in [-0.39, 0.29) is 0 Å². The number of rotatable bonds is 2. The number of halogens is 1. The monoisotopic (exact) mass is 263 g/mol. The average molecular weight is 264 g/mol. The maximum atomic E-state index is 6.35. The molecule has 0 amide bonds. The Balaban J connectivity index is 1.93. The minimum atomic E-state index is 0.415. The highest BCUT2D eigenvalue weighted by Gasteiger charge is 2.20. The Bertz CT molecular complexity index is 561. The van der Waals surface area contributed by atoms with Crippen LogP contribution < -0.4 is 5.73 Å². The number of aromatic nitrogens is 2. The molecule has 1 aliphatic rings. The molecule has 1 unspecified atom stereocenters. The van der Waals surface area contributed by atoms with E-state index in [2.05, 4.69) is 16.3 Å². The lowest BCUT2D eigenvalue weighted by atomic mass is 9.97. The first-order valence-corrected chi connectivity index (χ1v) is 6.30. The number of anilines is 1. The molecule has 1 saturated heterocycles. The van der Waals surface area contributed by atoms with Gasteiger partial charge in [0.25, 0.3) is 0 Å². The molecule has 1 aliphatic heterocycles. The number of nitrogen functional groups attached to an aromatic ring is 1. The molecule has 3 N–H and O–H groups in total. The molecular weight excluding hydrogens is 250 g/mol. The van der Waals surface area contributed by atoms with Crippen LogP contribution in [0.15, 0.2) is 24.3 Å². The van der Waals surface area contributed by atoms with Gasteiger partial charge in [-0.05, 0) is 18.1 Å². The van der Waals surface area contributed by atoms with Gasteiger partial charge in [0.15, 0.2) is 0 Å². The van der Waals surface area contributed by atoms with E-state index in [1.54, 1.807) is 6.07 Å². The fraction of sp³-hybridized carbons (Fsp3) is 0.308. The second-order valence-electron chi connectivity index (χ2n) is 4.50. The second kappa shape index (κ2) is 4.63. The summed E-state index contributed by atoms with van der Waals surface area (Å²) in [6.45, 7) is 1.58. The SMILES string of the molecule is Nc1cc(-c2ccc(C3CCOC3)c(Cl)c2)[nH]n1. The molecule has 0 radical (unpaired) electrons. The van der Waals surface area contributed by atoms with Crippen molar-refractivity contribution < 1.29 is 4.74 Å². The van der Waals surface area contributed by atoms with E-state index in [0.717, 1.165) is 41.5 Å². The normalized spacial score (nSPS) is 19.3. The Morgan fingerprint density at radius 3 is 2.89 bits per heavy atom. The summed E-state index contributed by atoms with van der Waals surface area (Å²) < 4.78 is 5.39. The molecule has 0 saturated carbocycles. The van der Waals surface area contributed by atoms with Gasteiger partial charge in [0.05, 0.1) is 12.3 Å². The number of nitrogens with one attached hydrogen (secondary N) is 1. The van der Waals surface area contributed by atoms with Gasteiger partial charge >= 0.3 is 0 Å². The van der Waals surface area contributed by atoms with Gasteiger partial charge in [-0.15, -0.1) is 0 Å². The quantitative estimate of drug-likeness (QED) is 0.876. The van der Waals surface area contributed by atoms with Crippen molar-refractivity contribution >= 4 is 17.4 Å². The van der Waals surface area contributed by atoms with E-state index >= 15 is 0 Å². The number of nitrogens with zero attached hydrogens (tertiary/aromatic N) is 1. The molecule has 0 spiro atoms. The summed E-state index contributed by atoms with van der Waals surface area (Å²) in [4.78, 5) is 0. The summed E-state index contributed by atoms with van der Waals surface area (Å²) >= 11 is 6.35. The highest BCUT2D eigenvalue weighted by atomic mass is 35.5. The fourth-order valence-electron chi connectivity index (χ4n) is 2.29. The van der Waals surface area contributed by atoms with Crippen molar-refractivity contribution in [3.8, 4) is 11.3 Å². The Morgan fingerprint density at radius 1 is 1.39 bits per heavy atom. The third kappa shape index (κ3) is 2.09. The highest BCUT2D eigenvalue weighted by Crippen LogP contribution is 2.33. The number of nitrogens with two attached hydrogens (primary N) is 1. The van der Waals surface area contributed by atoms with E-state index in [9.17, 15) is 0 Å². The molecule has 5 heteroatoms. The van der Waals surface area contributed by atoms with Crippen LogP contribution in [0.25, 0.3) is 11.3 Å². The Labute approximate surface area is 110 Å². The van der Waals surface area contributed by atoms with Gasteiger partial charge in [0.1, 0.15) is 5.82 Å². The molecule has 1 fully saturated rings. The maximum Gasteiger partial charge on any atom is 0.145 e. The first kappa shape index (κ1) is 11.6. The zero-order valence-electron chi connectivity index (χ0n) is 9.82. The Hall–Kier alpha value is -1.52. The van der Waals surface area contributed by atoms with E-state index in [0.29, 0.717) is 11.7 Å². The minimum absolute atomic E-state index is 0.415. The van der Waals surface area contributed by atoms with Gasteiger partial charge in [0.2, 0.25) is 0 Å². The molecule has 3 rings (SSSR count). The summed E-state index contributed by atoms with van der Waals surface area (Å²) in [7, 11) is 0. The Morgan fingerprint density at radius 2 is 2.28 bits per heavy atom. The zero-order chi connectivity index (χ0) is 12.5. The third-order valence-corrected chi connectivity index (χ3v) is 3.61. The Kier molecular flexibility index (Phi) is 2.97. The molecule has 4 nitrogen and oxygen atoms in total.